The number of morpholine rings is 1. The molecule has 3 heterocycles. The highest BCUT2D eigenvalue weighted by atomic mass is 16.5. The molecule has 0 saturated carbocycles. The van der Waals surface area contributed by atoms with Gasteiger partial charge in [0.05, 0.1) is 19.8 Å². The number of ether oxygens (including phenoxy) is 1. The summed E-state index contributed by atoms with van der Waals surface area (Å²) in [5, 5.41) is 9.00. The van der Waals surface area contributed by atoms with E-state index in [1.807, 2.05) is 0 Å². The summed E-state index contributed by atoms with van der Waals surface area (Å²) in [6.07, 6.45) is 2.39. The van der Waals surface area contributed by atoms with Crippen LogP contribution in [0.2, 0.25) is 0 Å². The van der Waals surface area contributed by atoms with Crippen LogP contribution in [0.25, 0.3) is 0 Å². The van der Waals surface area contributed by atoms with Crippen molar-refractivity contribution < 1.29 is 4.74 Å². The van der Waals surface area contributed by atoms with Crippen molar-refractivity contribution in [2.24, 2.45) is 12.8 Å². The second-order valence-corrected chi connectivity index (χ2v) is 7.98. The molecule has 7 heteroatoms. The van der Waals surface area contributed by atoms with E-state index < -0.39 is 0 Å². The standard InChI is InChI=1S/C17H32N6O/c1-17(2,18)13-23-6-4-5-14(11-23)16-20-19-15(21(16)3)12-22-7-9-24-10-8-22/h14H,4-13,18H2,1-3H3/t14-/m0/s1. The summed E-state index contributed by atoms with van der Waals surface area (Å²) in [5.74, 6) is 2.64. The van der Waals surface area contributed by atoms with Crippen molar-refractivity contribution in [3.8, 4) is 0 Å². The molecule has 0 aliphatic carbocycles. The van der Waals surface area contributed by atoms with Crippen LogP contribution in [0.1, 0.15) is 44.3 Å². The molecule has 2 saturated heterocycles. The molecule has 2 aliphatic rings. The molecule has 0 radical (unpaired) electrons. The fourth-order valence-electron chi connectivity index (χ4n) is 3.81. The lowest BCUT2D eigenvalue weighted by molar-refractivity contribution is 0.0326. The summed E-state index contributed by atoms with van der Waals surface area (Å²) >= 11 is 0. The Bertz CT molecular complexity index is 532. The minimum atomic E-state index is -0.150. The number of likely N-dealkylation sites (tertiary alicyclic amines) is 1. The molecule has 3 rings (SSSR count). The molecule has 0 aromatic carbocycles. The number of nitrogens with zero attached hydrogens (tertiary/aromatic N) is 5. The SMILES string of the molecule is Cn1c(CN2CCOCC2)nnc1[C@H]1CCCN(CC(C)(C)N)C1. The summed E-state index contributed by atoms with van der Waals surface area (Å²) in [7, 11) is 2.11. The van der Waals surface area contributed by atoms with Crippen LogP contribution in [0.5, 0.6) is 0 Å². The van der Waals surface area contributed by atoms with Crippen LogP contribution in [0.3, 0.4) is 0 Å². The zero-order chi connectivity index (χ0) is 17.2. The molecule has 0 spiro atoms. The largest absolute Gasteiger partial charge is 0.379 e. The molecular weight excluding hydrogens is 304 g/mol. The first-order chi connectivity index (χ1) is 11.4. The van der Waals surface area contributed by atoms with Crippen LogP contribution in [0, 0.1) is 0 Å². The van der Waals surface area contributed by atoms with Gasteiger partial charge in [0.15, 0.2) is 0 Å². The molecule has 136 valence electrons. The summed E-state index contributed by atoms with van der Waals surface area (Å²) in [4.78, 5) is 4.87. The van der Waals surface area contributed by atoms with Gasteiger partial charge in [0, 0.05) is 44.7 Å². The number of hydrogen-bond acceptors (Lipinski definition) is 6. The van der Waals surface area contributed by atoms with Gasteiger partial charge in [-0.2, -0.15) is 0 Å². The van der Waals surface area contributed by atoms with Crippen LogP contribution < -0.4 is 5.73 Å². The van der Waals surface area contributed by atoms with Gasteiger partial charge in [-0.1, -0.05) is 0 Å². The Balaban J connectivity index is 1.64. The van der Waals surface area contributed by atoms with E-state index in [2.05, 4.69) is 45.5 Å². The van der Waals surface area contributed by atoms with E-state index >= 15 is 0 Å². The summed E-state index contributed by atoms with van der Waals surface area (Å²) < 4.78 is 7.62. The fraction of sp³-hybridized carbons (Fsp3) is 0.882. The Hall–Kier alpha value is -1.02. The molecule has 0 bridgehead atoms. The number of piperidine rings is 1. The van der Waals surface area contributed by atoms with Gasteiger partial charge in [-0.25, -0.2) is 0 Å². The molecular formula is C17H32N6O. The van der Waals surface area contributed by atoms with E-state index in [4.69, 9.17) is 10.5 Å². The van der Waals surface area contributed by atoms with E-state index in [-0.39, 0.29) is 5.54 Å². The molecule has 2 N–H and O–H groups in total. The van der Waals surface area contributed by atoms with Crippen LogP contribution in [-0.2, 0) is 18.3 Å². The normalized spacial score (nSPS) is 24.4. The van der Waals surface area contributed by atoms with Gasteiger partial charge in [0.1, 0.15) is 11.6 Å². The molecule has 1 atom stereocenters. The van der Waals surface area contributed by atoms with Crippen molar-refractivity contribution in [2.45, 2.75) is 44.7 Å². The topological polar surface area (TPSA) is 72.4 Å². The van der Waals surface area contributed by atoms with E-state index in [1.54, 1.807) is 0 Å². The minimum absolute atomic E-state index is 0.150. The predicted octanol–water partition coefficient (Wildman–Crippen LogP) is 0.564. The number of rotatable bonds is 5. The molecule has 2 aliphatic heterocycles. The molecule has 0 amide bonds. The van der Waals surface area contributed by atoms with Crippen LogP contribution in [0.4, 0.5) is 0 Å². The highest BCUT2D eigenvalue weighted by molar-refractivity contribution is 5.04. The lowest BCUT2D eigenvalue weighted by atomic mass is 9.95. The maximum atomic E-state index is 6.20. The van der Waals surface area contributed by atoms with Crippen molar-refractivity contribution in [1.29, 1.82) is 0 Å². The van der Waals surface area contributed by atoms with Gasteiger partial charge in [-0.3, -0.25) is 4.90 Å². The van der Waals surface area contributed by atoms with Gasteiger partial charge in [0.2, 0.25) is 0 Å². The number of nitrogens with two attached hydrogens (primary N) is 1. The fourth-order valence-corrected chi connectivity index (χ4v) is 3.81. The third-order valence-electron chi connectivity index (χ3n) is 4.97. The second kappa shape index (κ2) is 7.47. The summed E-state index contributed by atoms with van der Waals surface area (Å²) in [5.41, 5.74) is 6.05. The van der Waals surface area contributed by atoms with Crippen molar-refractivity contribution in [3.05, 3.63) is 11.6 Å². The van der Waals surface area contributed by atoms with E-state index in [9.17, 15) is 0 Å². The van der Waals surface area contributed by atoms with Gasteiger partial charge in [-0.05, 0) is 33.2 Å². The third-order valence-corrected chi connectivity index (χ3v) is 4.97. The Morgan fingerprint density at radius 1 is 1.17 bits per heavy atom. The van der Waals surface area contributed by atoms with E-state index in [0.717, 1.165) is 64.1 Å². The first kappa shape index (κ1) is 17.8. The van der Waals surface area contributed by atoms with E-state index in [0.29, 0.717) is 5.92 Å². The first-order valence-corrected chi connectivity index (χ1v) is 9.12. The lowest BCUT2D eigenvalue weighted by Crippen LogP contribution is -2.48. The minimum Gasteiger partial charge on any atom is -0.379 e. The Kier molecular flexibility index (Phi) is 5.54. The zero-order valence-electron chi connectivity index (χ0n) is 15.4. The summed E-state index contributed by atoms with van der Waals surface area (Å²) in [6, 6.07) is 0. The highest BCUT2D eigenvalue weighted by Crippen LogP contribution is 2.26. The first-order valence-electron chi connectivity index (χ1n) is 9.12. The zero-order valence-corrected chi connectivity index (χ0v) is 15.4. The number of hydrogen-bond donors (Lipinski definition) is 1. The molecule has 7 nitrogen and oxygen atoms in total. The molecule has 1 aromatic rings. The van der Waals surface area contributed by atoms with Crippen molar-refractivity contribution in [3.63, 3.8) is 0 Å². The van der Waals surface area contributed by atoms with Crippen molar-refractivity contribution in [1.82, 2.24) is 24.6 Å². The molecule has 2 fully saturated rings. The average molecular weight is 336 g/mol. The van der Waals surface area contributed by atoms with Crippen LogP contribution in [-0.4, -0.2) is 76.0 Å². The van der Waals surface area contributed by atoms with Gasteiger partial charge in [0.25, 0.3) is 0 Å². The Labute approximate surface area is 145 Å². The Morgan fingerprint density at radius 2 is 1.92 bits per heavy atom. The molecule has 1 aromatic heterocycles. The lowest BCUT2D eigenvalue weighted by Gasteiger charge is -2.36. The third kappa shape index (κ3) is 4.53. The second-order valence-electron chi connectivity index (χ2n) is 7.98. The van der Waals surface area contributed by atoms with Crippen molar-refractivity contribution in [2.75, 3.05) is 45.9 Å². The smallest absolute Gasteiger partial charge is 0.146 e. The van der Waals surface area contributed by atoms with Gasteiger partial charge in [-0.15, -0.1) is 10.2 Å². The quantitative estimate of drug-likeness (QED) is 0.847. The summed E-state index contributed by atoms with van der Waals surface area (Å²) in [6.45, 7) is 11.7. The van der Waals surface area contributed by atoms with Crippen LogP contribution in [0.15, 0.2) is 0 Å². The van der Waals surface area contributed by atoms with Gasteiger partial charge < -0.3 is 19.9 Å². The van der Waals surface area contributed by atoms with Crippen LogP contribution >= 0.6 is 0 Å². The average Bonchev–Trinajstić information content (AvgIpc) is 2.88. The molecule has 24 heavy (non-hydrogen) atoms. The maximum Gasteiger partial charge on any atom is 0.146 e. The monoisotopic (exact) mass is 336 g/mol. The highest BCUT2D eigenvalue weighted by Gasteiger charge is 2.28. The predicted molar refractivity (Wildman–Crippen MR) is 93.8 cm³/mol. The van der Waals surface area contributed by atoms with E-state index in [1.165, 1.54) is 12.8 Å². The number of aromatic nitrogens is 3. The molecule has 0 unspecified atom stereocenters. The van der Waals surface area contributed by atoms with Crippen molar-refractivity contribution >= 4 is 0 Å². The van der Waals surface area contributed by atoms with Gasteiger partial charge >= 0.3 is 0 Å². The maximum absolute atomic E-state index is 6.20. The Morgan fingerprint density at radius 3 is 2.62 bits per heavy atom.